The van der Waals surface area contributed by atoms with Gasteiger partial charge >= 0.3 is 36.2 Å². The summed E-state index contributed by atoms with van der Waals surface area (Å²) < 4.78 is 103. The third kappa shape index (κ3) is 8.66. The van der Waals surface area contributed by atoms with Crippen molar-refractivity contribution in [3.63, 3.8) is 0 Å². The highest BCUT2D eigenvalue weighted by molar-refractivity contribution is 7.18. The van der Waals surface area contributed by atoms with E-state index in [1.165, 1.54) is 54.9 Å². The third-order valence-electron chi connectivity index (χ3n) is 10.8. The first-order chi connectivity index (χ1) is 30.7. The maximum Gasteiger partial charge on any atom is 0.422 e. The van der Waals surface area contributed by atoms with Gasteiger partial charge in [0, 0.05) is 0 Å². The van der Waals surface area contributed by atoms with Crippen molar-refractivity contribution < 1.29 is 64.5 Å². The number of hydrogen-bond acceptors (Lipinski definition) is 16. The van der Waals surface area contributed by atoms with Crippen LogP contribution in [-0.2, 0) is 38.1 Å². The van der Waals surface area contributed by atoms with Gasteiger partial charge in [-0.05, 0) is 77.4 Å². The smallest absolute Gasteiger partial charge is 0.422 e. The van der Waals surface area contributed by atoms with Crippen molar-refractivity contribution in [3.05, 3.63) is 115 Å². The van der Waals surface area contributed by atoms with Crippen molar-refractivity contribution in [1.29, 1.82) is 10.5 Å². The summed E-state index contributed by atoms with van der Waals surface area (Å²) in [4.78, 5) is 57.1. The molecule has 2 aromatic carbocycles. The van der Waals surface area contributed by atoms with Crippen molar-refractivity contribution >= 4 is 66.7 Å². The van der Waals surface area contributed by atoms with Gasteiger partial charge in [0.1, 0.15) is 23.8 Å². The highest BCUT2D eigenvalue weighted by Gasteiger charge is 2.50. The number of methoxy groups -OCH3 is 1. The first kappa shape index (κ1) is 46.0. The van der Waals surface area contributed by atoms with Crippen molar-refractivity contribution in [3.8, 4) is 12.1 Å². The molecular weight excluding hydrogens is 907 g/mol. The monoisotopic (exact) mass is 940 g/mol. The molecule has 4 heterocycles. The highest BCUT2D eigenvalue weighted by atomic mass is 32.1. The third-order valence-corrected chi connectivity index (χ3v) is 12.9. The molecule has 14 nitrogen and oxygen atoms in total. The summed E-state index contributed by atoms with van der Waals surface area (Å²) in [5.74, 6) is -10.3. The van der Waals surface area contributed by atoms with Crippen LogP contribution in [0.1, 0.15) is 60.8 Å². The number of halogens is 6. The lowest BCUT2D eigenvalue weighted by Gasteiger charge is -2.47. The van der Waals surface area contributed by atoms with Gasteiger partial charge in [-0.1, -0.05) is 24.3 Å². The number of nitriles is 2. The minimum Gasteiger partial charge on any atom is -0.466 e. The molecule has 0 radical (unpaired) electrons. The van der Waals surface area contributed by atoms with Gasteiger partial charge in [0.15, 0.2) is 13.2 Å². The number of carbonyl (C=O) groups is 4. The molecule has 2 unspecified atom stereocenters. The summed E-state index contributed by atoms with van der Waals surface area (Å²) in [6.07, 6.45) is -8.68. The first-order valence-corrected chi connectivity index (χ1v) is 21.0. The predicted molar refractivity (Wildman–Crippen MR) is 220 cm³/mol. The number of nitrogens with zero attached hydrogens (tertiary/aromatic N) is 4. The van der Waals surface area contributed by atoms with Gasteiger partial charge in [0.25, 0.3) is 0 Å². The Labute approximate surface area is 372 Å². The maximum absolute atomic E-state index is 14.5. The van der Waals surface area contributed by atoms with Crippen LogP contribution in [0.25, 0.3) is 20.2 Å². The zero-order valence-corrected chi connectivity index (χ0v) is 35.8. The average molecular weight is 941 g/mol. The van der Waals surface area contributed by atoms with E-state index in [-0.39, 0.29) is 46.2 Å². The van der Waals surface area contributed by atoms with E-state index in [2.05, 4.69) is 0 Å². The van der Waals surface area contributed by atoms with E-state index in [9.17, 15) is 56.0 Å². The second-order valence-electron chi connectivity index (χ2n) is 15.0. The summed E-state index contributed by atoms with van der Waals surface area (Å²) in [6.45, 7) is -1.87. The Kier molecular flexibility index (Phi) is 12.4. The van der Waals surface area contributed by atoms with Gasteiger partial charge in [-0.25, -0.2) is 29.2 Å². The Morgan fingerprint density at radius 1 is 0.677 bits per heavy atom. The Hall–Kier alpha value is -7.04. The Balaban J connectivity index is 1.54. The molecule has 65 heavy (non-hydrogen) atoms. The number of alkyl halides is 6. The quantitative estimate of drug-likeness (QED) is 0.0848. The van der Waals surface area contributed by atoms with Crippen LogP contribution in [0.4, 0.5) is 26.3 Å². The van der Waals surface area contributed by atoms with Crippen molar-refractivity contribution in [1.82, 2.24) is 10.0 Å². The molecule has 2 aromatic heterocycles. The lowest BCUT2D eigenvalue weighted by molar-refractivity contribution is -0.184. The maximum atomic E-state index is 14.5. The molecule has 1 aliphatic carbocycles. The van der Waals surface area contributed by atoms with E-state index in [4.69, 9.17) is 30.4 Å². The minimum absolute atomic E-state index is 0.0410. The lowest BCUT2D eigenvalue weighted by atomic mass is 9.79. The van der Waals surface area contributed by atoms with E-state index in [0.717, 1.165) is 39.8 Å². The highest BCUT2D eigenvalue weighted by Crippen LogP contribution is 2.51. The number of fused-ring (bicyclic) bond motifs is 2. The van der Waals surface area contributed by atoms with E-state index < -0.39 is 95.2 Å². The molecule has 2 atom stereocenters. The number of thiophene rings is 2. The van der Waals surface area contributed by atoms with E-state index >= 15 is 0 Å². The van der Waals surface area contributed by atoms with Crippen LogP contribution in [0, 0.1) is 28.6 Å². The lowest BCUT2D eigenvalue weighted by Crippen LogP contribution is -2.51. The number of carbonyl (C=O) groups excluding carboxylic acids is 4. The fraction of sp³-hybridized carbons (Fsp3) is 0.302. The summed E-state index contributed by atoms with van der Waals surface area (Å²) in [5.41, 5.74) is 11.4. The second-order valence-corrected chi connectivity index (χ2v) is 16.7. The Bertz CT molecular complexity index is 2890. The van der Waals surface area contributed by atoms with Crippen LogP contribution in [0.5, 0.6) is 0 Å². The van der Waals surface area contributed by atoms with Crippen LogP contribution in [0.3, 0.4) is 0 Å². The molecule has 22 heteroatoms. The number of hydrazine groups is 1. The van der Waals surface area contributed by atoms with E-state index in [1.54, 1.807) is 6.07 Å². The van der Waals surface area contributed by atoms with Crippen LogP contribution in [0.2, 0.25) is 0 Å². The number of esters is 4. The topological polar surface area (TPSA) is 211 Å². The molecule has 3 aliphatic rings. The van der Waals surface area contributed by atoms with Gasteiger partial charge in [0.2, 0.25) is 0 Å². The molecule has 0 amide bonds. The standard InChI is InChI=1S/C43H34F6N6O8S2/c1-19-28(38(56)60-3)30(26-15-64-34-22(12-50)6-4-8-24(26)34)33(41(59)63-18-43(47,48)49)37(53)54(19)55-20(2)29(39(57)62-17-42(44,45)46)31(32(36(55)52)40(58)61-14-21-10-11-21)27-16-65-35-23(13-51)7-5-9-25(27)35/h4-9,15-16,21,30-31H,10-11,14,17-18,52-53H2,1-3H3. The number of rotatable bonds is 11. The SMILES string of the molecule is COC(=O)C1=C(C)N(N2C(C)=C(C(=O)OCC(F)(F)F)C(c3csc4c(C#N)cccc34)C(C(=O)OCC3CC3)=C2N)C(N)=C(C(=O)OCC(F)(F)F)C1c1csc2c(C#N)cccc12. The molecule has 1 saturated carbocycles. The molecule has 7 rings (SSSR count). The Morgan fingerprint density at radius 2 is 1.08 bits per heavy atom. The zero-order valence-electron chi connectivity index (χ0n) is 34.2. The van der Waals surface area contributed by atoms with Crippen LogP contribution in [0.15, 0.2) is 92.5 Å². The predicted octanol–water partition coefficient (Wildman–Crippen LogP) is 7.50. The molecule has 2 aliphatic heterocycles. The number of nitrogens with two attached hydrogens (primary N) is 2. The summed E-state index contributed by atoms with van der Waals surface area (Å²) in [6, 6.07) is 13.2. The zero-order chi connectivity index (χ0) is 47.3. The average Bonchev–Trinajstić information content (AvgIpc) is 3.83. The van der Waals surface area contributed by atoms with Gasteiger partial charge < -0.3 is 30.4 Å². The van der Waals surface area contributed by atoms with E-state index in [1.807, 2.05) is 12.1 Å². The molecule has 0 spiro atoms. The van der Waals surface area contributed by atoms with Gasteiger partial charge in [0.05, 0.1) is 79.8 Å². The molecular formula is C43H34F6N6O8S2. The second kappa shape index (κ2) is 17.5. The summed E-state index contributed by atoms with van der Waals surface area (Å²) in [7, 11) is 0.976. The van der Waals surface area contributed by atoms with E-state index in [0.29, 0.717) is 33.0 Å². The fourth-order valence-electron chi connectivity index (χ4n) is 7.83. The fourth-order valence-corrected chi connectivity index (χ4v) is 9.95. The van der Waals surface area contributed by atoms with Crippen LogP contribution in [-0.4, -0.2) is 73.2 Å². The number of allylic oxidation sites excluding steroid dienone is 2. The number of ether oxygens (including phenoxy) is 4. The number of benzene rings is 2. The van der Waals surface area contributed by atoms with Crippen molar-refractivity contribution in [2.75, 3.05) is 26.9 Å². The normalized spacial score (nSPS) is 18.3. The molecule has 0 saturated heterocycles. The largest absolute Gasteiger partial charge is 0.466 e. The minimum atomic E-state index is -5.06. The molecule has 4 aromatic rings. The van der Waals surface area contributed by atoms with Gasteiger partial charge in [-0.2, -0.15) is 36.9 Å². The van der Waals surface area contributed by atoms with Gasteiger partial charge in [-0.15, -0.1) is 22.7 Å². The van der Waals surface area contributed by atoms with Gasteiger partial charge in [-0.3, -0.25) is 0 Å². The van der Waals surface area contributed by atoms with Crippen LogP contribution >= 0.6 is 22.7 Å². The van der Waals surface area contributed by atoms with Crippen molar-refractivity contribution in [2.24, 2.45) is 17.4 Å². The summed E-state index contributed by atoms with van der Waals surface area (Å²) in [5, 5.41) is 24.9. The molecule has 4 N–H and O–H groups in total. The first-order valence-electron chi connectivity index (χ1n) is 19.3. The Morgan fingerprint density at radius 3 is 1.46 bits per heavy atom. The van der Waals surface area contributed by atoms with Crippen molar-refractivity contribution in [2.45, 2.75) is 50.9 Å². The summed E-state index contributed by atoms with van der Waals surface area (Å²) >= 11 is 2.05. The molecule has 338 valence electrons. The molecule has 0 bridgehead atoms. The number of hydrogen-bond donors (Lipinski definition) is 2. The molecule has 1 fully saturated rings. The van der Waals surface area contributed by atoms with Crippen LogP contribution < -0.4 is 11.5 Å².